The van der Waals surface area contributed by atoms with Crippen LogP contribution in [0.2, 0.25) is 0 Å². The van der Waals surface area contributed by atoms with E-state index < -0.39 is 15.9 Å². The van der Waals surface area contributed by atoms with Gasteiger partial charge in [0.1, 0.15) is 11.6 Å². The summed E-state index contributed by atoms with van der Waals surface area (Å²) in [4.78, 5) is 13.6. The molecule has 0 radical (unpaired) electrons. The second-order valence-corrected chi connectivity index (χ2v) is 8.59. The molecule has 0 spiro atoms. The van der Waals surface area contributed by atoms with Gasteiger partial charge in [0.25, 0.3) is 0 Å². The number of ether oxygens (including phenoxy) is 1. The van der Waals surface area contributed by atoms with Crippen LogP contribution in [0.1, 0.15) is 4.88 Å². The van der Waals surface area contributed by atoms with Crippen LogP contribution in [-0.4, -0.2) is 21.4 Å². The Labute approximate surface area is 171 Å². The van der Waals surface area contributed by atoms with E-state index in [4.69, 9.17) is 9.88 Å². The normalized spacial score (nSPS) is 11.6. The number of hydrogen-bond donors (Lipinski definition) is 2. The van der Waals surface area contributed by atoms with Gasteiger partial charge in [-0.1, -0.05) is 18.2 Å². The molecule has 0 saturated heterocycles. The summed E-state index contributed by atoms with van der Waals surface area (Å²) >= 11 is 1.33. The van der Waals surface area contributed by atoms with Crippen LogP contribution in [0.3, 0.4) is 0 Å². The number of hydrogen-bond acceptors (Lipinski definition) is 5. The maximum Gasteiger partial charge on any atom is 0.248 e. The Morgan fingerprint density at radius 1 is 1.17 bits per heavy atom. The molecular formula is C20H17FN2O4S2. The van der Waals surface area contributed by atoms with Crippen molar-refractivity contribution in [3.05, 3.63) is 71.4 Å². The number of primary sulfonamides is 1. The molecule has 1 heterocycles. The van der Waals surface area contributed by atoms with E-state index in [0.29, 0.717) is 5.56 Å². The number of nitrogens with two attached hydrogens (primary N) is 1. The molecule has 9 heteroatoms. The summed E-state index contributed by atoms with van der Waals surface area (Å²) < 4.78 is 42.0. The maximum absolute atomic E-state index is 13.9. The van der Waals surface area contributed by atoms with Gasteiger partial charge < -0.3 is 10.1 Å². The second-order valence-electron chi connectivity index (χ2n) is 5.91. The van der Waals surface area contributed by atoms with E-state index in [9.17, 15) is 17.6 Å². The Bertz CT molecular complexity index is 1190. The minimum Gasteiger partial charge on any atom is -0.495 e. The third-order valence-electron chi connectivity index (χ3n) is 3.92. The van der Waals surface area contributed by atoms with Gasteiger partial charge in [0.2, 0.25) is 15.9 Å². The lowest BCUT2D eigenvalue weighted by Gasteiger charge is -2.10. The zero-order valence-electron chi connectivity index (χ0n) is 15.3. The SMILES string of the molecule is COc1ccc(S(N)(=O)=O)cc1NC(=O)/C=C/c1ccc(-c2ccccc2F)s1. The van der Waals surface area contributed by atoms with E-state index in [1.54, 1.807) is 36.4 Å². The van der Waals surface area contributed by atoms with E-state index in [1.165, 1.54) is 48.8 Å². The Balaban J connectivity index is 1.76. The quantitative estimate of drug-likeness (QED) is 0.578. The van der Waals surface area contributed by atoms with Gasteiger partial charge in [-0.25, -0.2) is 17.9 Å². The monoisotopic (exact) mass is 432 g/mol. The van der Waals surface area contributed by atoms with Crippen molar-refractivity contribution in [2.24, 2.45) is 5.14 Å². The fourth-order valence-electron chi connectivity index (χ4n) is 2.54. The Morgan fingerprint density at radius 2 is 1.93 bits per heavy atom. The standard InChI is InChI=1S/C20H17FN2O4S2/c1-27-18-9-8-14(29(22,25)26)12-17(18)23-20(24)11-7-13-6-10-19(28-13)15-4-2-3-5-16(15)21/h2-12H,1H3,(H,23,24)(H2,22,25,26)/b11-7+. The fourth-order valence-corrected chi connectivity index (χ4v) is 4.02. The van der Waals surface area contributed by atoms with Crippen molar-refractivity contribution >= 4 is 39.0 Å². The lowest BCUT2D eigenvalue weighted by atomic mass is 10.2. The predicted molar refractivity (Wildman–Crippen MR) is 112 cm³/mol. The summed E-state index contributed by atoms with van der Waals surface area (Å²) in [5.41, 5.74) is 0.665. The molecule has 0 aliphatic heterocycles. The first-order valence-electron chi connectivity index (χ1n) is 8.32. The summed E-state index contributed by atoms with van der Waals surface area (Å²) in [5.74, 6) is -0.516. The molecule has 0 saturated carbocycles. The minimum absolute atomic E-state index is 0.148. The summed E-state index contributed by atoms with van der Waals surface area (Å²) in [6.45, 7) is 0. The first-order valence-corrected chi connectivity index (χ1v) is 10.7. The van der Waals surface area contributed by atoms with Gasteiger partial charge in [0.15, 0.2) is 0 Å². The first-order chi connectivity index (χ1) is 13.8. The van der Waals surface area contributed by atoms with Crippen molar-refractivity contribution < 1.29 is 22.3 Å². The van der Waals surface area contributed by atoms with Crippen LogP contribution >= 0.6 is 11.3 Å². The van der Waals surface area contributed by atoms with E-state index in [0.717, 1.165) is 9.75 Å². The van der Waals surface area contributed by atoms with E-state index in [2.05, 4.69) is 5.32 Å². The Kier molecular flexibility index (Phi) is 6.12. The molecule has 0 fully saturated rings. The van der Waals surface area contributed by atoms with Crippen LogP contribution in [0.5, 0.6) is 5.75 Å². The number of nitrogens with one attached hydrogen (secondary N) is 1. The number of amides is 1. The predicted octanol–water partition coefficient (Wildman–Crippen LogP) is 3.86. The van der Waals surface area contributed by atoms with E-state index in [1.807, 2.05) is 0 Å². The number of halogens is 1. The highest BCUT2D eigenvalue weighted by Gasteiger charge is 2.13. The van der Waals surface area contributed by atoms with Gasteiger partial charge in [-0.05, 0) is 42.5 Å². The lowest BCUT2D eigenvalue weighted by molar-refractivity contribution is -0.111. The van der Waals surface area contributed by atoms with Crippen molar-refractivity contribution in [1.82, 2.24) is 0 Å². The molecule has 3 N–H and O–H groups in total. The second kappa shape index (κ2) is 8.56. The molecule has 29 heavy (non-hydrogen) atoms. The molecule has 0 unspecified atom stereocenters. The van der Waals surface area contributed by atoms with Gasteiger partial charge in [0, 0.05) is 21.4 Å². The highest BCUT2D eigenvalue weighted by molar-refractivity contribution is 7.89. The van der Waals surface area contributed by atoms with E-state index in [-0.39, 0.29) is 22.1 Å². The topological polar surface area (TPSA) is 98.5 Å². The van der Waals surface area contributed by atoms with Crippen molar-refractivity contribution in [2.45, 2.75) is 4.90 Å². The molecule has 3 aromatic rings. The Hall–Kier alpha value is -3.01. The third kappa shape index (κ3) is 5.08. The van der Waals surface area contributed by atoms with Crippen molar-refractivity contribution in [3.63, 3.8) is 0 Å². The summed E-state index contributed by atoms with van der Waals surface area (Å²) in [5, 5.41) is 7.69. The fraction of sp³-hybridized carbons (Fsp3) is 0.0500. The number of methoxy groups -OCH3 is 1. The molecule has 0 bridgehead atoms. The van der Waals surface area contributed by atoms with Gasteiger partial charge in [-0.15, -0.1) is 11.3 Å². The highest BCUT2D eigenvalue weighted by atomic mass is 32.2. The van der Waals surface area contributed by atoms with Gasteiger partial charge in [-0.2, -0.15) is 0 Å². The average molecular weight is 432 g/mol. The number of carbonyl (C=O) groups excluding carboxylic acids is 1. The molecule has 0 aliphatic carbocycles. The number of anilines is 1. The number of thiophene rings is 1. The summed E-state index contributed by atoms with van der Waals surface area (Å²) in [7, 11) is -2.53. The van der Waals surface area contributed by atoms with Crippen molar-refractivity contribution in [3.8, 4) is 16.2 Å². The molecule has 150 valence electrons. The van der Waals surface area contributed by atoms with Gasteiger partial charge in [-0.3, -0.25) is 4.79 Å². The number of sulfonamides is 1. The number of benzene rings is 2. The summed E-state index contributed by atoms with van der Waals surface area (Å²) in [6.07, 6.45) is 2.88. The molecular weight excluding hydrogens is 415 g/mol. The Morgan fingerprint density at radius 3 is 2.62 bits per heavy atom. The van der Waals surface area contributed by atoms with Crippen molar-refractivity contribution in [1.29, 1.82) is 0 Å². The zero-order chi connectivity index (χ0) is 21.0. The number of carbonyl (C=O) groups is 1. The van der Waals surface area contributed by atoms with Crippen molar-refractivity contribution in [2.75, 3.05) is 12.4 Å². The van der Waals surface area contributed by atoms with Gasteiger partial charge >= 0.3 is 0 Å². The minimum atomic E-state index is -3.92. The molecule has 0 aliphatic rings. The highest BCUT2D eigenvalue weighted by Crippen LogP contribution is 2.31. The largest absolute Gasteiger partial charge is 0.495 e. The lowest BCUT2D eigenvalue weighted by Crippen LogP contribution is -2.14. The van der Waals surface area contributed by atoms with Crippen LogP contribution in [-0.2, 0) is 14.8 Å². The first kappa shape index (κ1) is 20.7. The molecule has 0 atom stereocenters. The number of rotatable bonds is 6. The smallest absolute Gasteiger partial charge is 0.248 e. The van der Waals surface area contributed by atoms with Crippen LogP contribution in [0, 0.1) is 5.82 Å². The molecule has 3 rings (SSSR count). The molecule has 2 aromatic carbocycles. The van der Waals surface area contributed by atoms with Crippen LogP contribution in [0.25, 0.3) is 16.5 Å². The van der Waals surface area contributed by atoms with Crippen LogP contribution in [0.15, 0.2) is 65.6 Å². The summed E-state index contributed by atoms with van der Waals surface area (Å²) in [6, 6.07) is 13.9. The average Bonchev–Trinajstić information content (AvgIpc) is 3.15. The van der Waals surface area contributed by atoms with E-state index >= 15 is 0 Å². The zero-order valence-corrected chi connectivity index (χ0v) is 16.9. The third-order valence-corrected chi connectivity index (χ3v) is 5.92. The molecule has 1 amide bonds. The molecule has 1 aromatic heterocycles. The maximum atomic E-state index is 13.9. The van der Waals surface area contributed by atoms with Crippen LogP contribution < -0.4 is 15.2 Å². The van der Waals surface area contributed by atoms with Gasteiger partial charge in [0.05, 0.1) is 17.7 Å². The molecule has 6 nitrogen and oxygen atoms in total. The van der Waals surface area contributed by atoms with Crippen LogP contribution in [0.4, 0.5) is 10.1 Å².